The number of nitrogens with zero attached hydrogens (tertiary/aromatic N) is 2. The highest BCUT2D eigenvalue weighted by Gasteiger charge is 2.15. The molecule has 0 bridgehead atoms. The fourth-order valence-corrected chi connectivity index (χ4v) is 2.26. The van der Waals surface area contributed by atoms with E-state index in [0.29, 0.717) is 11.1 Å². The number of hydrogen-bond acceptors (Lipinski definition) is 4. The minimum atomic E-state index is -1.10. The molecule has 1 N–H and O–H groups in total. The van der Waals surface area contributed by atoms with Gasteiger partial charge in [-0.25, -0.2) is 9.78 Å². The molecule has 1 aromatic heterocycles. The van der Waals surface area contributed by atoms with Gasteiger partial charge in [0.1, 0.15) is 0 Å². The molecule has 2 aromatic carbocycles. The van der Waals surface area contributed by atoms with Crippen molar-refractivity contribution in [1.82, 2.24) is 4.98 Å². The number of rotatable bonds is 3. The zero-order valence-electron chi connectivity index (χ0n) is 11.3. The van der Waals surface area contributed by atoms with E-state index in [9.17, 15) is 20.0 Å². The van der Waals surface area contributed by atoms with Crippen LogP contribution in [0.4, 0.5) is 5.69 Å². The highest BCUT2D eigenvalue weighted by Crippen LogP contribution is 2.27. The van der Waals surface area contributed by atoms with Crippen molar-refractivity contribution >= 4 is 22.6 Å². The van der Waals surface area contributed by atoms with Gasteiger partial charge in [-0.15, -0.1) is 0 Å². The zero-order chi connectivity index (χ0) is 15.7. The predicted octanol–water partition coefficient (Wildman–Crippen LogP) is 3.51. The molecule has 0 saturated heterocycles. The second-order valence-corrected chi connectivity index (χ2v) is 4.68. The third-order valence-corrected chi connectivity index (χ3v) is 3.30. The Labute approximate surface area is 124 Å². The molecule has 0 fully saturated rings. The number of carboxylic acid groups (broad SMARTS) is 1. The summed E-state index contributed by atoms with van der Waals surface area (Å²) in [5.41, 5.74) is 1.44. The van der Waals surface area contributed by atoms with E-state index in [4.69, 9.17) is 0 Å². The van der Waals surface area contributed by atoms with Crippen LogP contribution in [0.1, 0.15) is 10.4 Å². The van der Waals surface area contributed by atoms with Crippen molar-refractivity contribution in [2.24, 2.45) is 0 Å². The molecule has 0 aliphatic heterocycles. The molecule has 0 spiro atoms. The Bertz CT molecular complexity index is 891. The minimum absolute atomic E-state index is 0.0683. The highest BCUT2D eigenvalue weighted by atomic mass is 16.6. The number of hydrogen-bond donors (Lipinski definition) is 1. The quantitative estimate of drug-likeness (QED) is 0.589. The lowest BCUT2D eigenvalue weighted by atomic mass is 10.0. The summed E-state index contributed by atoms with van der Waals surface area (Å²) in [6.07, 6.45) is 0. The van der Waals surface area contributed by atoms with Crippen LogP contribution in [0, 0.1) is 10.1 Å². The summed E-state index contributed by atoms with van der Waals surface area (Å²) in [6.45, 7) is 0. The Morgan fingerprint density at radius 2 is 1.82 bits per heavy atom. The molecule has 0 atom stereocenters. The van der Waals surface area contributed by atoms with Crippen LogP contribution in [0.5, 0.6) is 0 Å². The molecule has 3 rings (SSSR count). The second kappa shape index (κ2) is 5.25. The predicted molar refractivity (Wildman–Crippen MR) is 80.8 cm³/mol. The Morgan fingerprint density at radius 3 is 2.45 bits per heavy atom. The molecular weight excluding hydrogens is 284 g/mol. The van der Waals surface area contributed by atoms with Crippen LogP contribution in [0.3, 0.4) is 0 Å². The Morgan fingerprint density at radius 1 is 1.09 bits per heavy atom. The van der Waals surface area contributed by atoms with Crippen LogP contribution in [-0.4, -0.2) is 21.0 Å². The van der Waals surface area contributed by atoms with Gasteiger partial charge in [0, 0.05) is 23.1 Å². The number of aromatic carboxylic acids is 1. The van der Waals surface area contributed by atoms with Gasteiger partial charge in [0.25, 0.3) is 5.69 Å². The Balaban J connectivity index is 2.31. The molecule has 6 heteroatoms. The molecule has 1 heterocycles. The summed E-state index contributed by atoms with van der Waals surface area (Å²) >= 11 is 0. The zero-order valence-corrected chi connectivity index (χ0v) is 11.3. The monoisotopic (exact) mass is 294 g/mol. The molecule has 0 aliphatic carbocycles. The van der Waals surface area contributed by atoms with Crippen LogP contribution in [0.2, 0.25) is 0 Å². The lowest BCUT2D eigenvalue weighted by Crippen LogP contribution is -2.01. The summed E-state index contributed by atoms with van der Waals surface area (Å²) in [6, 6.07) is 14.5. The van der Waals surface area contributed by atoms with Gasteiger partial charge in [-0.05, 0) is 12.1 Å². The number of benzene rings is 2. The molecule has 108 valence electrons. The first-order chi connectivity index (χ1) is 10.6. The first kappa shape index (κ1) is 13.7. The largest absolute Gasteiger partial charge is 0.478 e. The van der Waals surface area contributed by atoms with Crippen molar-refractivity contribution in [3.8, 4) is 11.3 Å². The van der Waals surface area contributed by atoms with Gasteiger partial charge in [-0.3, -0.25) is 10.1 Å². The number of nitro groups is 1. The second-order valence-electron chi connectivity index (χ2n) is 4.68. The number of fused-ring (bicyclic) bond motifs is 1. The summed E-state index contributed by atoms with van der Waals surface area (Å²) in [5, 5.41) is 20.6. The van der Waals surface area contributed by atoms with Crippen LogP contribution in [0.25, 0.3) is 22.2 Å². The molecule has 0 unspecified atom stereocenters. The number of carboxylic acids is 1. The van der Waals surface area contributed by atoms with Crippen molar-refractivity contribution in [2.45, 2.75) is 0 Å². The molecule has 0 saturated carbocycles. The standard InChI is InChI=1S/C16H10N2O4/c19-16(20)13-9-14(10-4-2-1-3-5-10)17-15-8-11(18(21)22)6-7-12(13)15/h1-9H,(H,19,20). The number of carbonyl (C=O) groups is 1. The summed E-state index contributed by atoms with van der Waals surface area (Å²) in [7, 11) is 0. The van der Waals surface area contributed by atoms with Gasteiger partial charge in [0.05, 0.1) is 21.7 Å². The first-order valence-electron chi connectivity index (χ1n) is 6.44. The Hall–Kier alpha value is -3.28. The number of pyridine rings is 1. The first-order valence-corrected chi connectivity index (χ1v) is 6.44. The lowest BCUT2D eigenvalue weighted by Gasteiger charge is -2.07. The Kier molecular flexibility index (Phi) is 3.27. The van der Waals surface area contributed by atoms with Crippen LogP contribution >= 0.6 is 0 Å². The van der Waals surface area contributed by atoms with E-state index in [2.05, 4.69) is 4.98 Å². The van der Waals surface area contributed by atoms with Crippen molar-refractivity contribution in [3.63, 3.8) is 0 Å². The van der Waals surface area contributed by atoms with E-state index in [-0.39, 0.29) is 16.8 Å². The summed E-state index contributed by atoms with van der Waals surface area (Å²) < 4.78 is 0. The number of aromatic nitrogens is 1. The van der Waals surface area contributed by atoms with Gasteiger partial charge in [0.15, 0.2) is 0 Å². The molecule has 22 heavy (non-hydrogen) atoms. The molecular formula is C16H10N2O4. The van der Waals surface area contributed by atoms with E-state index < -0.39 is 10.9 Å². The fraction of sp³-hybridized carbons (Fsp3) is 0. The maximum atomic E-state index is 11.5. The van der Waals surface area contributed by atoms with Crippen molar-refractivity contribution in [3.05, 3.63) is 70.3 Å². The molecule has 3 aromatic rings. The van der Waals surface area contributed by atoms with Crippen LogP contribution < -0.4 is 0 Å². The normalized spacial score (nSPS) is 10.5. The SMILES string of the molecule is O=C(O)c1cc(-c2ccccc2)nc2cc([N+](=O)[O-])ccc12. The third kappa shape index (κ3) is 2.37. The van der Waals surface area contributed by atoms with E-state index in [1.54, 1.807) is 12.1 Å². The minimum Gasteiger partial charge on any atom is -0.478 e. The van der Waals surface area contributed by atoms with E-state index in [1.165, 1.54) is 24.3 Å². The van der Waals surface area contributed by atoms with E-state index in [1.807, 2.05) is 18.2 Å². The van der Waals surface area contributed by atoms with Gasteiger partial charge in [0.2, 0.25) is 0 Å². The van der Waals surface area contributed by atoms with Crippen LogP contribution in [0.15, 0.2) is 54.6 Å². The fourth-order valence-electron chi connectivity index (χ4n) is 2.26. The van der Waals surface area contributed by atoms with Gasteiger partial charge in [-0.2, -0.15) is 0 Å². The number of non-ortho nitro benzene ring substituents is 1. The van der Waals surface area contributed by atoms with Crippen molar-refractivity contribution < 1.29 is 14.8 Å². The van der Waals surface area contributed by atoms with E-state index in [0.717, 1.165) is 5.56 Å². The molecule has 0 amide bonds. The van der Waals surface area contributed by atoms with Gasteiger partial charge >= 0.3 is 5.97 Å². The summed E-state index contributed by atoms with van der Waals surface area (Å²) in [4.78, 5) is 26.2. The summed E-state index contributed by atoms with van der Waals surface area (Å²) in [5.74, 6) is -1.10. The topological polar surface area (TPSA) is 93.3 Å². The van der Waals surface area contributed by atoms with E-state index >= 15 is 0 Å². The molecule has 0 aliphatic rings. The average Bonchev–Trinajstić information content (AvgIpc) is 2.53. The van der Waals surface area contributed by atoms with Crippen molar-refractivity contribution in [1.29, 1.82) is 0 Å². The number of nitro benzene ring substituents is 1. The molecule has 0 radical (unpaired) electrons. The molecule has 6 nitrogen and oxygen atoms in total. The smallest absolute Gasteiger partial charge is 0.336 e. The maximum Gasteiger partial charge on any atom is 0.336 e. The van der Waals surface area contributed by atoms with Gasteiger partial charge in [-0.1, -0.05) is 30.3 Å². The van der Waals surface area contributed by atoms with Crippen molar-refractivity contribution in [2.75, 3.05) is 0 Å². The average molecular weight is 294 g/mol. The van der Waals surface area contributed by atoms with Gasteiger partial charge < -0.3 is 5.11 Å². The van der Waals surface area contributed by atoms with Crippen LogP contribution in [-0.2, 0) is 0 Å². The third-order valence-electron chi connectivity index (χ3n) is 3.30. The highest BCUT2D eigenvalue weighted by molar-refractivity contribution is 6.04. The maximum absolute atomic E-state index is 11.5. The lowest BCUT2D eigenvalue weighted by molar-refractivity contribution is -0.384.